The molecule has 0 bridgehead atoms. The van der Waals surface area contributed by atoms with E-state index in [4.69, 9.17) is 5.11 Å². The Bertz CT molecular complexity index is 689. The van der Waals surface area contributed by atoms with Crippen LogP contribution in [0.4, 0.5) is 0 Å². The maximum atomic E-state index is 12.3. The van der Waals surface area contributed by atoms with E-state index in [0.29, 0.717) is 23.4 Å². The Morgan fingerprint density at radius 1 is 1.08 bits per heavy atom. The monoisotopic (exact) mass is 327 g/mol. The van der Waals surface area contributed by atoms with Crippen molar-refractivity contribution in [3.63, 3.8) is 0 Å². The van der Waals surface area contributed by atoms with Gasteiger partial charge in [-0.1, -0.05) is 31.2 Å². The fourth-order valence-corrected chi connectivity index (χ4v) is 2.20. The van der Waals surface area contributed by atoms with Crippen LogP contribution in [0.1, 0.15) is 35.1 Å². The molecule has 6 nitrogen and oxygen atoms in total. The summed E-state index contributed by atoms with van der Waals surface area (Å²) in [5.41, 5.74) is 1.71. The molecule has 2 aromatic rings. The summed E-state index contributed by atoms with van der Waals surface area (Å²) < 4.78 is 0. The van der Waals surface area contributed by atoms with Gasteiger partial charge in [0.1, 0.15) is 6.04 Å². The van der Waals surface area contributed by atoms with Crippen LogP contribution in [0.15, 0.2) is 48.5 Å². The lowest BCUT2D eigenvalue weighted by Crippen LogP contribution is -2.46. The molecule has 0 radical (unpaired) electrons. The van der Waals surface area contributed by atoms with Gasteiger partial charge in [0.15, 0.2) is 0 Å². The molecular weight excluding hydrogens is 306 g/mol. The summed E-state index contributed by atoms with van der Waals surface area (Å²) in [5, 5.41) is 14.6. The number of amides is 2. The molecule has 6 heteroatoms. The quantitative estimate of drug-likeness (QED) is 0.717. The minimum absolute atomic E-state index is 0.146. The minimum atomic E-state index is -0.612. The standard InChI is InChI=1S/C18H21N3O3/c1-2-16(21-17(23)13-7-4-3-5-8-13)18(24)19-11-14-9-6-10-15(12-22)20-14/h3-10,16,22H,2,11-12H2,1H3,(H,19,24)(H,21,23)/t16-/m0/s1. The van der Waals surface area contributed by atoms with Gasteiger partial charge in [0, 0.05) is 5.56 Å². The Kier molecular flexibility index (Phi) is 6.45. The van der Waals surface area contributed by atoms with E-state index in [1.54, 1.807) is 42.5 Å². The lowest BCUT2D eigenvalue weighted by Gasteiger charge is -2.17. The zero-order chi connectivity index (χ0) is 17.4. The van der Waals surface area contributed by atoms with Crippen LogP contribution < -0.4 is 10.6 Å². The number of aliphatic hydroxyl groups is 1. The number of hydrogen-bond donors (Lipinski definition) is 3. The highest BCUT2D eigenvalue weighted by Crippen LogP contribution is 2.02. The van der Waals surface area contributed by atoms with Gasteiger partial charge in [-0.3, -0.25) is 14.6 Å². The number of nitrogens with zero attached hydrogens (tertiary/aromatic N) is 1. The van der Waals surface area contributed by atoms with E-state index >= 15 is 0 Å². The number of rotatable bonds is 7. The van der Waals surface area contributed by atoms with Gasteiger partial charge < -0.3 is 15.7 Å². The van der Waals surface area contributed by atoms with Gasteiger partial charge in [-0.2, -0.15) is 0 Å². The van der Waals surface area contributed by atoms with Crippen LogP contribution in [0, 0.1) is 0 Å². The number of aliphatic hydroxyl groups excluding tert-OH is 1. The first-order chi connectivity index (χ1) is 11.6. The predicted molar refractivity (Wildman–Crippen MR) is 90.0 cm³/mol. The summed E-state index contributed by atoms with van der Waals surface area (Å²) >= 11 is 0. The summed E-state index contributed by atoms with van der Waals surface area (Å²) in [6, 6.07) is 13.4. The first-order valence-electron chi connectivity index (χ1n) is 7.83. The van der Waals surface area contributed by atoms with E-state index in [1.807, 2.05) is 13.0 Å². The molecule has 2 rings (SSSR count). The van der Waals surface area contributed by atoms with Crippen molar-refractivity contribution in [2.75, 3.05) is 0 Å². The average Bonchev–Trinajstić information content (AvgIpc) is 2.64. The number of pyridine rings is 1. The van der Waals surface area contributed by atoms with Crippen LogP contribution in [0.3, 0.4) is 0 Å². The Morgan fingerprint density at radius 3 is 2.46 bits per heavy atom. The van der Waals surface area contributed by atoms with Crippen molar-refractivity contribution in [1.82, 2.24) is 15.6 Å². The highest BCUT2D eigenvalue weighted by molar-refractivity contribution is 5.97. The number of aromatic nitrogens is 1. The van der Waals surface area contributed by atoms with E-state index in [1.165, 1.54) is 0 Å². The summed E-state index contributed by atoms with van der Waals surface area (Å²) in [6.45, 7) is 1.93. The molecule has 0 saturated heterocycles. The van der Waals surface area contributed by atoms with Crippen LogP contribution in [0.25, 0.3) is 0 Å². The van der Waals surface area contributed by atoms with Crippen molar-refractivity contribution >= 4 is 11.8 Å². The molecule has 0 fully saturated rings. The van der Waals surface area contributed by atoms with Crippen molar-refractivity contribution in [3.8, 4) is 0 Å². The van der Waals surface area contributed by atoms with E-state index in [-0.39, 0.29) is 25.0 Å². The normalized spacial score (nSPS) is 11.6. The van der Waals surface area contributed by atoms with Gasteiger partial charge >= 0.3 is 0 Å². The molecule has 126 valence electrons. The summed E-state index contributed by atoms with van der Waals surface area (Å²) in [5.74, 6) is -0.545. The highest BCUT2D eigenvalue weighted by Gasteiger charge is 2.19. The van der Waals surface area contributed by atoms with Crippen molar-refractivity contribution in [2.45, 2.75) is 32.5 Å². The maximum Gasteiger partial charge on any atom is 0.251 e. The van der Waals surface area contributed by atoms with Gasteiger partial charge in [0.2, 0.25) is 5.91 Å². The highest BCUT2D eigenvalue weighted by atomic mass is 16.3. The molecule has 0 aliphatic rings. The van der Waals surface area contributed by atoms with Gasteiger partial charge in [-0.25, -0.2) is 0 Å². The van der Waals surface area contributed by atoms with Crippen LogP contribution >= 0.6 is 0 Å². The number of carbonyl (C=O) groups is 2. The number of nitrogens with one attached hydrogen (secondary N) is 2. The zero-order valence-corrected chi connectivity index (χ0v) is 13.5. The van der Waals surface area contributed by atoms with Crippen LogP contribution in [0.5, 0.6) is 0 Å². The summed E-state index contributed by atoms with van der Waals surface area (Å²) in [6.07, 6.45) is 0.481. The Labute approximate surface area is 140 Å². The lowest BCUT2D eigenvalue weighted by molar-refractivity contribution is -0.123. The van der Waals surface area contributed by atoms with Crippen molar-refractivity contribution in [1.29, 1.82) is 0 Å². The molecule has 0 saturated carbocycles. The average molecular weight is 327 g/mol. The smallest absolute Gasteiger partial charge is 0.251 e. The van der Waals surface area contributed by atoms with E-state index in [0.717, 1.165) is 0 Å². The van der Waals surface area contributed by atoms with Crippen molar-refractivity contribution in [3.05, 3.63) is 65.5 Å². The van der Waals surface area contributed by atoms with Crippen LogP contribution in [-0.2, 0) is 17.9 Å². The molecule has 0 aliphatic heterocycles. The van der Waals surface area contributed by atoms with E-state index in [2.05, 4.69) is 15.6 Å². The molecule has 0 unspecified atom stereocenters. The predicted octanol–water partition coefficient (Wildman–Crippen LogP) is 1.40. The van der Waals surface area contributed by atoms with Gasteiger partial charge in [0.05, 0.1) is 24.5 Å². The molecule has 0 aliphatic carbocycles. The van der Waals surface area contributed by atoms with Gasteiger partial charge in [-0.15, -0.1) is 0 Å². The Morgan fingerprint density at radius 2 is 1.79 bits per heavy atom. The first-order valence-corrected chi connectivity index (χ1v) is 7.83. The molecule has 3 N–H and O–H groups in total. The van der Waals surface area contributed by atoms with E-state index < -0.39 is 6.04 Å². The fraction of sp³-hybridized carbons (Fsp3) is 0.278. The maximum absolute atomic E-state index is 12.3. The second kappa shape index (κ2) is 8.79. The number of benzene rings is 1. The van der Waals surface area contributed by atoms with Crippen LogP contribution in [0.2, 0.25) is 0 Å². The van der Waals surface area contributed by atoms with Gasteiger partial charge in [0.25, 0.3) is 5.91 Å². The third-order valence-corrected chi connectivity index (χ3v) is 3.54. The Hall–Kier alpha value is -2.73. The molecule has 1 aromatic carbocycles. The molecule has 1 heterocycles. The molecule has 2 amide bonds. The first kappa shape index (κ1) is 17.6. The van der Waals surface area contributed by atoms with Crippen LogP contribution in [-0.4, -0.2) is 27.9 Å². The lowest BCUT2D eigenvalue weighted by atomic mass is 10.1. The van der Waals surface area contributed by atoms with Crippen molar-refractivity contribution in [2.24, 2.45) is 0 Å². The minimum Gasteiger partial charge on any atom is -0.390 e. The molecular formula is C18H21N3O3. The third kappa shape index (κ3) is 4.89. The second-order valence-corrected chi connectivity index (χ2v) is 5.30. The van der Waals surface area contributed by atoms with E-state index in [9.17, 15) is 9.59 Å². The van der Waals surface area contributed by atoms with Gasteiger partial charge in [-0.05, 0) is 30.7 Å². The molecule has 1 aromatic heterocycles. The number of hydrogen-bond acceptors (Lipinski definition) is 4. The number of carbonyl (C=O) groups excluding carboxylic acids is 2. The Balaban J connectivity index is 1.92. The SMILES string of the molecule is CC[C@H](NC(=O)c1ccccc1)C(=O)NCc1cccc(CO)n1. The molecule has 0 spiro atoms. The largest absolute Gasteiger partial charge is 0.390 e. The third-order valence-electron chi connectivity index (χ3n) is 3.54. The summed E-state index contributed by atoms with van der Waals surface area (Å²) in [4.78, 5) is 28.6. The molecule has 24 heavy (non-hydrogen) atoms. The van der Waals surface area contributed by atoms with Crippen molar-refractivity contribution < 1.29 is 14.7 Å². The second-order valence-electron chi connectivity index (χ2n) is 5.30. The zero-order valence-electron chi connectivity index (χ0n) is 13.5. The molecule has 1 atom stereocenters. The topological polar surface area (TPSA) is 91.3 Å². The summed E-state index contributed by atoms with van der Waals surface area (Å²) in [7, 11) is 0. The fourth-order valence-electron chi connectivity index (χ4n) is 2.20.